The van der Waals surface area contributed by atoms with E-state index in [4.69, 9.17) is 14.2 Å². The first-order valence-corrected chi connectivity index (χ1v) is 8.53. The Bertz CT molecular complexity index is 958. The van der Waals surface area contributed by atoms with Gasteiger partial charge < -0.3 is 24.8 Å². The first-order valence-electron chi connectivity index (χ1n) is 8.53. The number of carbonyl (C=O) groups excluding carboxylic acids is 1. The molecule has 2 aromatic carbocycles. The molecule has 0 aliphatic rings. The predicted octanol–water partition coefficient (Wildman–Crippen LogP) is 4.10. The highest BCUT2D eigenvalue weighted by Gasteiger charge is 2.08. The standard InChI is InChI=1S/C21H21N3O4/c1-26-17-6-4-5-14(11-17)21(25)24-16-8-10-20(22-13-16)23-15-7-9-18(27-2)19(12-15)28-3/h4-13H,1-3H3,(H,22,23)(H,24,25). The Kier molecular flexibility index (Phi) is 5.96. The highest BCUT2D eigenvalue weighted by molar-refractivity contribution is 6.04. The van der Waals surface area contributed by atoms with Gasteiger partial charge in [0.25, 0.3) is 5.91 Å². The van der Waals surface area contributed by atoms with Gasteiger partial charge in [-0.05, 0) is 42.5 Å². The molecule has 0 bridgehead atoms. The number of aromatic nitrogens is 1. The van der Waals surface area contributed by atoms with Crippen LogP contribution in [0.5, 0.6) is 17.2 Å². The Morgan fingerprint density at radius 1 is 0.857 bits per heavy atom. The van der Waals surface area contributed by atoms with Crippen molar-refractivity contribution >= 4 is 23.1 Å². The van der Waals surface area contributed by atoms with Crippen molar-refractivity contribution in [1.82, 2.24) is 4.98 Å². The fraction of sp³-hybridized carbons (Fsp3) is 0.143. The number of carbonyl (C=O) groups is 1. The summed E-state index contributed by atoms with van der Waals surface area (Å²) in [5.74, 6) is 2.29. The van der Waals surface area contributed by atoms with Gasteiger partial charge >= 0.3 is 0 Å². The fourth-order valence-electron chi connectivity index (χ4n) is 2.57. The zero-order valence-electron chi connectivity index (χ0n) is 15.9. The monoisotopic (exact) mass is 379 g/mol. The van der Waals surface area contributed by atoms with Crippen molar-refractivity contribution < 1.29 is 19.0 Å². The van der Waals surface area contributed by atoms with Crippen LogP contribution in [0.1, 0.15) is 10.4 Å². The predicted molar refractivity (Wildman–Crippen MR) is 108 cm³/mol. The van der Waals surface area contributed by atoms with E-state index in [1.807, 2.05) is 18.2 Å². The van der Waals surface area contributed by atoms with Crippen molar-refractivity contribution in [3.05, 3.63) is 66.4 Å². The molecule has 0 radical (unpaired) electrons. The summed E-state index contributed by atoms with van der Waals surface area (Å²) < 4.78 is 15.7. The maximum Gasteiger partial charge on any atom is 0.255 e. The average molecular weight is 379 g/mol. The lowest BCUT2D eigenvalue weighted by molar-refractivity contribution is 0.102. The van der Waals surface area contributed by atoms with Gasteiger partial charge in [0.15, 0.2) is 11.5 Å². The number of nitrogens with zero attached hydrogens (tertiary/aromatic N) is 1. The lowest BCUT2D eigenvalue weighted by Gasteiger charge is -2.11. The molecule has 28 heavy (non-hydrogen) atoms. The summed E-state index contributed by atoms with van der Waals surface area (Å²) >= 11 is 0. The quantitative estimate of drug-likeness (QED) is 0.643. The van der Waals surface area contributed by atoms with Gasteiger partial charge in [0.1, 0.15) is 11.6 Å². The van der Waals surface area contributed by atoms with Crippen LogP contribution in [0.15, 0.2) is 60.8 Å². The fourth-order valence-corrected chi connectivity index (χ4v) is 2.57. The van der Waals surface area contributed by atoms with Crippen LogP contribution in [0.25, 0.3) is 0 Å². The number of pyridine rings is 1. The Morgan fingerprint density at radius 3 is 2.32 bits per heavy atom. The van der Waals surface area contributed by atoms with E-state index < -0.39 is 0 Å². The SMILES string of the molecule is COc1cccc(C(=O)Nc2ccc(Nc3ccc(OC)c(OC)c3)nc2)c1. The molecule has 1 amide bonds. The minimum absolute atomic E-state index is 0.235. The minimum atomic E-state index is -0.235. The van der Waals surface area contributed by atoms with Crippen molar-refractivity contribution in [2.24, 2.45) is 0 Å². The van der Waals surface area contributed by atoms with Gasteiger partial charge in [-0.1, -0.05) is 6.07 Å². The van der Waals surface area contributed by atoms with Gasteiger partial charge in [0, 0.05) is 17.3 Å². The van der Waals surface area contributed by atoms with E-state index in [-0.39, 0.29) is 5.91 Å². The summed E-state index contributed by atoms with van der Waals surface area (Å²) in [6, 6.07) is 16.0. The van der Waals surface area contributed by atoms with Crippen molar-refractivity contribution in [3.8, 4) is 17.2 Å². The summed E-state index contributed by atoms with van der Waals surface area (Å²) in [6.45, 7) is 0. The van der Waals surface area contributed by atoms with Gasteiger partial charge in [-0.2, -0.15) is 0 Å². The average Bonchev–Trinajstić information content (AvgIpc) is 2.75. The third kappa shape index (κ3) is 4.50. The molecule has 1 aromatic heterocycles. The lowest BCUT2D eigenvalue weighted by Crippen LogP contribution is -2.12. The molecular formula is C21H21N3O4. The Morgan fingerprint density at radius 2 is 1.64 bits per heavy atom. The third-order valence-corrected chi connectivity index (χ3v) is 4.01. The van der Waals surface area contributed by atoms with E-state index >= 15 is 0 Å². The number of anilines is 3. The minimum Gasteiger partial charge on any atom is -0.497 e. The summed E-state index contributed by atoms with van der Waals surface area (Å²) in [6.07, 6.45) is 1.58. The van der Waals surface area contributed by atoms with Gasteiger partial charge in [0.05, 0.1) is 33.2 Å². The molecule has 2 N–H and O–H groups in total. The van der Waals surface area contributed by atoms with Crippen LogP contribution < -0.4 is 24.8 Å². The van der Waals surface area contributed by atoms with Crippen LogP contribution in [0.3, 0.4) is 0 Å². The van der Waals surface area contributed by atoms with E-state index in [1.165, 1.54) is 0 Å². The molecule has 7 heteroatoms. The second kappa shape index (κ2) is 8.77. The smallest absolute Gasteiger partial charge is 0.255 e. The molecule has 0 aliphatic carbocycles. The van der Waals surface area contributed by atoms with Crippen molar-refractivity contribution in [2.45, 2.75) is 0 Å². The van der Waals surface area contributed by atoms with E-state index in [9.17, 15) is 4.79 Å². The molecule has 1 heterocycles. The number of hydrogen-bond acceptors (Lipinski definition) is 6. The Labute approximate surface area is 163 Å². The van der Waals surface area contributed by atoms with Crippen molar-refractivity contribution in [1.29, 1.82) is 0 Å². The second-order valence-corrected chi connectivity index (χ2v) is 5.81. The summed E-state index contributed by atoms with van der Waals surface area (Å²) in [7, 11) is 4.73. The molecule has 3 aromatic rings. The van der Waals surface area contributed by atoms with Gasteiger partial charge in [-0.15, -0.1) is 0 Å². The molecule has 0 aliphatic heterocycles. The first-order chi connectivity index (χ1) is 13.6. The summed E-state index contributed by atoms with van der Waals surface area (Å²) in [4.78, 5) is 16.7. The first kappa shape index (κ1) is 19.0. The van der Waals surface area contributed by atoms with E-state index in [1.54, 1.807) is 63.9 Å². The Balaban J connectivity index is 1.67. The molecular weight excluding hydrogens is 358 g/mol. The molecule has 0 fully saturated rings. The highest BCUT2D eigenvalue weighted by atomic mass is 16.5. The molecule has 3 rings (SSSR count). The molecule has 7 nitrogen and oxygen atoms in total. The van der Waals surface area contributed by atoms with Crippen molar-refractivity contribution in [2.75, 3.05) is 32.0 Å². The van der Waals surface area contributed by atoms with Crippen LogP contribution in [-0.4, -0.2) is 32.2 Å². The van der Waals surface area contributed by atoms with Gasteiger partial charge in [-0.25, -0.2) is 4.98 Å². The number of ether oxygens (including phenoxy) is 3. The molecule has 0 unspecified atom stereocenters. The van der Waals surface area contributed by atoms with E-state index in [2.05, 4.69) is 15.6 Å². The summed E-state index contributed by atoms with van der Waals surface area (Å²) in [5.41, 5.74) is 1.90. The topological polar surface area (TPSA) is 81.7 Å². The van der Waals surface area contributed by atoms with Crippen LogP contribution >= 0.6 is 0 Å². The highest BCUT2D eigenvalue weighted by Crippen LogP contribution is 2.30. The zero-order chi connectivity index (χ0) is 19.9. The number of methoxy groups -OCH3 is 3. The van der Waals surface area contributed by atoms with Gasteiger partial charge in [0.2, 0.25) is 0 Å². The normalized spacial score (nSPS) is 10.1. The number of nitrogens with one attached hydrogen (secondary N) is 2. The second-order valence-electron chi connectivity index (χ2n) is 5.81. The van der Waals surface area contributed by atoms with Gasteiger partial charge in [-0.3, -0.25) is 4.79 Å². The van der Waals surface area contributed by atoms with Crippen LogP contribution in [-0.2, 0) is 0 Å². The Hall–Kier alpha value is -3.74. The third-order valence-electron chi connectivity index (χ3n) is 4.01. The maximum absolute atomic E-state index is 12.4. The van der Waals surface area contributed by atoms with Crippen LogP contribution in [0, 0.1) is 0 Å². The molecule has 0 atom stereocenters. The maximum atomic E-state index is 12.4. The van der Waals surface area contributed by atoms with E-state index in [0.29, 0.717) is 34.3 Å². The zero-order valence-corrected chi connectivity index (χ0v) is 15.9. The molecule has 144 valence electrons. The summed E-state index contributed by atoms with van der Waals surface area (Å²) in [5, 5.41) is 5.99. The molecule has 0 saturated heterocycles. The van der Waals surface area contributed by atoms with E-state index in [0.717, 1.165) is 5.69 Å². The number of hydrogen-bond donors (Lipinski definition) is 2. The molecule has 0 saturated carbocycles. The van der Waals surface area contributed by atoms with Crippen molar-refractivity contribution in [3.63, 3.8) is 0 Å². The number of benzene rings is 2. The molecule has 0 spiro atoms. The van der Waals surface area contributed by atoms with Crippen LogP contribution in [0.2, 0.25) is 0 Å². The van der Waals surface area contributed by atoms with Crippen LogP contribution in [0.4, 0.5) is 17.2 Å². The number of rotatable bonds is 7. The number of amides is 1. The largest absolute Gasteiger partial charge is 0.497 e. The lowest BCUT2D eigenvalue weighted by atomic mass is 10.2.